The Bertz CT molecular complexity index is 896. The molecule has 29 heavy (non-hydrogen) atoms. The number of hydrogen-bond donors (Lipinski definition) is 0. The van der Waals surface area contributed by atoms with E-state index in [9.17, 15) is 0 Å². The summed E-state index contributed by atoms with van der Waals surface area (Å²) in [6.07, 6.45) is 7.22. The average Bonchev–Trinajstić information content (AvgIpc) is 2.73. The molecule has 3 aromatic heterocycles. The van der Waals surface area contributed by atoms with E-state index in [-0.39, 0.29) is 11.5 Å². The molecule has 0 saturated heterocycles. The van der Waals surface area contributed by atoms with Gasteiger partial charge in [0.2, 0.25) is 11.8 Å². The molecule has 1 atom stereocenters. The molecule has 0 aliphatic carbocycles. The zero-order valence-electron chi connectivity index (χ0n) is 17.6. The molecule has 3 heterocycles. The average molecular weight is 392 g/mol. The van der Waals surface area contributed by atoms with Crippen LogP contribution in [0.3, 0.4) is 0 Å². The normalized spacial score (nSPS) is 12.4. The minimum atomic E-state index is -0.120. The fourth-order valence-corrected chi connectivity index (χ4v) is 3.04. The highest BCUT2D eigenvalue weighted by Crippen LogP contribution is 2.24. The van der Waals surface area contributed by atoms with Gasteiger partial charge in [-0.2, -0.15) is 0 Å². The molecule has 3 rings (SSSR count). The number of hydrogen-bond acceptors (Lipinski definition) is 5. The Hall–Kier alpha value is -2.95. The van der Waals surface area contributed by atoms with Gasteiger partial charge in [-0.15, -0.1) is 0 Å². The van der Waals surface area contributed by atoms with Crippen molar-refractivity contribution in [2.75, 3.05) is 6.61 Å². The van der Waals surface area contributed by atoms with Crippen molar-refractivity contribution in [2.45, 2.75) is 52.1 Å². The van der Waals surface area contributed by atoms with Crippen LogP contribution in [0.15, 0.2) is 61.1 Å². The van der Waals surface area contributed by atoms with Crippen LogP contribution in [0.5, 0.6) is 11.8 Å². The van der Waals surface area contributed by atoms with Crippen molar-refractivity contribution in [1.82, 2.24) is 15.0 Å². The lowest BCUT2D eigenvalue weighted by atomic mass is 9.86. The molecule has 152 valence electrons. The van der Waals surface area contributed by atoms with E-state index in [4.69, 9.17) is 9.47 Å². The molecule has 0 aliphatic heterocycles. The number of aryl methyl sites for hydroxylation is 1. The third kappa shape index (κ3) is 6.01. The van der Waals surface area contributed by atoms with Crippen LogP contribution in [0.4, 0.5) is 0 Å². The minimum Gasteiger partial charge on any atom is -0.477 e. The molecule has 3 aromatic rings. The lowest BCUT2D eigenvalue weighted by molar-refractivity contribution is 0.189. The second-order valence-electron chi connectivity index (χ2n) is 7.88. The Labute approximate surface area is 173 Å². The van der Waals surface area contributed by atoms with Gasteiger partial charge in [-0.05, 0) is 42.7 Å². The summed E-state index contributed by atoms with van der Waals surface area (Å²) in [5, 5.41) is 0. The van der Waals surface area contributed by atoms with Gasteiger partial charge >= 0.3 is 0 Å². The number of aromatic nitrogens is 3. The van der Waals surface area contributed by atoms with Crippen LogP contribution in [0.1, 0.15) is 44.0 Å². The minimum absolute atomic E-state index is 0.0588. The van der Waals surface area contributed by atoms with Gasteiger partial charge < -0.3 is 9.47 Å². The monoisotopic (exact) mass is 391 g/mol. The second kappa shape index (κ2) is 9.50. The molecule has 0 spiro atoms. The van der Waals surface area contributed by atoms with Crippen molar-refractivity contribution in [1.29, 1.82) is 0 Å². The quantitative estimate of drug-likeness (QED) is 0.517. The Morgan fingerprint density at radius 2 is 1.79 bits per heavy atom. The van der Waals surface area contributed by atoms with Crippen molar-refractivity contribution in [3.63, 3.8) is 0 Å². The van der Waals surface area contributed by atoms with E-state index in [1.165, 1.54) is 5.56 Å². The molecular weight excluding hydrogens is 362 g/mol. The van der Waals surface area contributed by atoms with Crippen molar-refractivity contribution >= 4 is 0 Å². The van der Waals surface area contributed by atoms with E-state index < -0.39 is 0 Å². The van der Waals surface area contributed by atoms with E-state index in [1.54, 1.807) is 0 Å². The maximum absolute atomic E-state index is 6.04. The van der Waals surface area contributed by atoms with E-state index in [0.29, 0.717) is 18.4 Å². The smallest absolute Gasteiger partial charge is 0.213 e. The Balaban J connectivity index is 1.56. The maximum atomic E-state index is 6.04. The molecule has 5 heteroatoms. The summed E-state index contributed by atoms with van der Waals surface area (Å²) in [4.78, 5) is 13.0. The van der Waals surface area contributed by atoms with Crippen LogP contribution < -0.4 is 9.47 Å². The van der Waals surface area contributed by atoms with Crippen LogP contribution in [-0.2, 0) is 11.8 Å². The Kier molecular flexibility index (Phi) is 6.81. The van der Waals surface area contributed by atoms with Gasteiger partial charge in [0.1, 0.15) is 6.10 Å². The molecule has 0 aliphatic rings. The summed E-state index contributed by atoms with van der Waals surface area (Å²) in [6.45, 7) is 8.93. The van der Waals surface area contributed by atoms with Crippen LogP contribution in [0.25, 0.3) is 0 Å². The van der Waals surface area contributed by atoms with Gasteiger partial charge in [-0.3, -0.25) is 4.98 Å². The van der Waals surface area contributed by atoms with Crippen molar-refractivity contribution in [3.8, 4) is 11.8 Å². The molecule has 0 radical (unpaired) electrons. The fraction of sp³-hybridized carbons (Fsp3) is 0.375. The second-order valence-corrected chi connectivity index (χ2v) is 7.88. The summed E-state index contributed by atoms with van der Waals surface area (Å²) >= 11 is 0. The van der Waals surface area contributed by atoms with Gasteiger partial charge in [-0.1, -0.05) is 32.9 Å². The number of ether oxygens (including phenoxy) is 2. The number of pyridine rings is 3. The van der Waals surface area contributed by atoms with Crippen molar-refractivity contribution in [3.05, 3.63) is 77.9 Å². The lowest BCUT2D eigenvalue weighted by Crippen LogP contribution is -2.26. The summed E-state index contributed by atoms with van der Waals surface area (Å²) < 4.78 is 12.0. The van der Waals surface area contributed by atoms with Crippen molar-refractivity contribution < 1.29 is 9.47 Å². The van der Waals surface area contributed by atoms with Crippen LogP contribution in [-0.4, -0.2) is 27.7 Å². The fourth-order valence-electron chi connectivity index (χ4n) is 3.04. The number of nitrogens with zero attached hydrogens (tertiary/aromatic N) is 3. The molecule has 0 saturated carbocycles. The predicted molar refractivity (Wildman–Crippen MR) is 114 cm³/mol. The van der Waals surface area contributed by atoms with Crippen LogP contribution in [0, 0.1) is 6.92 Å². The van der Waals surface area contributed by atoms with E-state index in [2.05, 4.69) is 41.8 Å². The van der Waals surface area contributed by atoms with Gasteiger partial charge in [0.05, 0.1) is 6.61 Å². The highest BCUT2D eigenvalue weighted by molar-refractivity contribution is 5.23. The topological polar surface area (TPSA) is 57.1 Å². The highest BCUT2D eigenvalue weighted by atomic mass is 16.5. The van der Waals surface area contributed by atoms with Gasteiger partial charge in [0.25, 0.3) is 0 Å². The third-order valence-corrected chi connectivity index (χ3v) is 4.91. The SMILES string of the molecule is CCC(Cc1ccc(OCC(C)(C)c2ccncc2)nc1)Oc1cccc(C)n1. The molecule has 1 unspecified atom stereocenters. The first-order valence-electron chi connectivity index (χ1n) is 10.0. The van der Waals surface area contributed by atoms with Gasteiger partial charge in [0, 0.05) is 48.3 Å². The summed E-state index contributed by atoms with van der Waals surface area (Å²) in [5.74, 6) is 1.30. The van der Waals surface area contributed by atoms with Gasteiger partial charge in [-0.25, -0.2) is 9.97 Å². The summed E-state index contributed by atoms with van der Waals surface area (Å²) in [6, 6.07) is 13.8. The molecule has 0 aromatic carbocycles. The molecule has 0 amide bonds. The highest BCUT2D eigenvalue weighted by Gasteiger charge is 2.21. The largest absolute Gasteiger partial charge is 0.477 e. The van der Waals surface area contributed by atoms with E-state index in [1.807, 2.05) is 61.9 Å². The van der Waals surface area contributed by atoms with Crippen molar-refractivity contribution in [2.24, 2.45) is 0 Å². The third-order valence-electron chi connectivity index (χ3n) is 4.91. The first kappa shape index (κ1) is 20.8. The van der Waals surface area contributed by atoms with Crippen LogP contribution in [0.2, 0.25) is 0 Å². The number of rotatable bonds is 9. The molecule has 5 nitrogen and oxygen atoms in total. The molecule has 0 N–H and O–H groups in total. The first-order chi connectivity index (χ1) is 14.0. The van der Waals surface area contributed by atoms with Crippen LogP contribution >= 0.6 is 0 Å². The summed E-state index contributed by atoms with van der Waals surface area (Å²) in [5.41, 5.74) is 3.14. The first-order valence-corrected chi connectivity index (χ1v) is 10.0. The Morgan fingerprint density at radius 1 is 1.00 bits per heavy atom. The van der Waals surface area contributed by atoms with E-state index >= 15 is 0 Å². The standard InChI is InChI=1S/C24H29N3O2/c1-5-21(29-23-8-6-7-18(2)27-23)15-19-9-10-22(26-16-19)28-17-24(3,4)20-11-13-25-14-12-20/h6-14,16,21H,5,15,17H2,1-4H3. The predicted octanol–water partition coefficient (Wildman–Crippen LogP) is 4.94. The van der Waals surface area contributed by atoms with E-state index in [0.717, 1.165) is 24.1 Å². The molecule has 0 bridgehead atoms. The summed E-state index contributed by atoms with van der Waals surface area (Å²) in [7, 11) is 0. The zero-order valence-corrected chi connectivity index (χ0v) is 17.6. The lowest BCUT2D eigenvalue weighted by Gasteiger charge is -2.24. The maximum Gasteiger partial charge on any atom is 0.213 e. The Morgan fingerprint density at radius 3 is 2.45 bits per heavy atom. The van der Waals surface area contributed by atoms with Gasteiger partial charge in [0.15, 0.2) is 0 Å². The molecular formula is C24H29N3O2. The zero-order chi connectivity index (χ0) is 20.7. The molecule has 0 fully saturated rings.